The van der Waals surface area contributed by atoms with Gasteiger partial charge in [-0.1, -0.05) is 50.6 Å². The first kappa shape index (κ1) is 17.8. The molecule has 0 fully saturated rings. The van der Waals surface area contributed by atoms with Crippen LogP contribution in [0.25, 0.3) is 11.1 Å². The molecular weight excluding hydrogens is 324 g/mol. The largest absolute Gasteiger partial charge is 0.544 e. The minimum absolute atomic E-state index is 0.170. The molecule has 23 heavy (non-hydrogen) atoms. The smallest absolute Gasteiger partial charge is 0.250 e. The van der Waals surface area contributed by atoms with Gasteiger partial charge in [0.15, 0.2) is 6.29 Å². The number of hydrogen-bond donors (Lipinski definition) is 0. The first-order valence-electron chi connectivity index (χ1n) is 7.68. The molecule has 0 aliphatic rings. The highest BCUT2D eigenvalue weighted by Gasteiger charge is 2.38. The summed E-state index contributed by atoms with van der Waals surface area (Å²) < 4.78 is 6.28. The molecule has 2 nitrogen and oxygen atoms in total. The molecule has 0 aliphatic carbocycles. The van der Waals surface area contributed by atoms with Crippen LogP contribution in [0.15, 0.2) is 42.5 Å². The topological polar surface area (TPSA) is 26.3 Å². The Morgan fingerprint density at radius 3 is 2.04 bits per heavy atom. The third-order valence-corrected chi connectivity index (χ3v) is 9.18. The lowest BCUT2D eigenvalue weighted by Crippen LogP contribution is -2.43. The molecule has 0 amide bonds. The van der Waals surface area contributed by atoms with Crippen LogP contribution >= 0.6 is 11.6 Å². The van der Waals surface area contributed by atoms with Crippen molar-refractivity contribution < 1.29 is 9.22 Å². The number of aldehydes is 1. The molecule has 0 aliphatic heterocycles. The number of carbonyl (C=O) groups is 1. The maximum absolute atomic E-state index is 10.8. The third kappa shape index (κ3) is 4.04. The van der Waals surface area contributed by atoms with Crippen LogP contribution in [0.3, 0.4) is 0 Å². The first-order valence-corrected chi connectivity index (χ1v) is 11.0. The van der Waals surface area contributed by atoms with Crippen molar-refractivity contribution in [2.24, 2.45) is 0 Å². The number of benzene rings is 2. The van der Waals surface area contributed by atoms with Crippen molar-refractivity contribution in [2.75, 3.05) is 0 Å². The van der Waals surface area contributed by atoms with Crippen LogP contribution in [0.1, 0.15) is 31.1 Å². The van der Waals surface area contributed by atoms with Crippen molar-refractivity contribution in [1.82, 2.24) is 0 Å². The predicted octanol–water partition coefficient (Wildman–Crippen LogP) is 6.20. The summed E-state index contributed by atoms with van der Waals surface area (Å²) in [6.45, 7) is 11.1. The molecule has 0 bridgehead atoms. The van der Waals surface area contributed by atoms with Gasteiger partial charge >= 0.3 is 0 Å². The van der Waals surface area contributed by atoms with Gasteiger partial charge in [-0.05, 0) is 53.5 Å². The van der Waals surface area contributed by atoms with Crippen molar-refractivity contribution in [3.63, 3.8) is 0 Å². The van der Waals surface area contributed by atoms with Crippen LogP contribution in [0, 0.1) is 0 Å². The maximum atomic E-state index is 10.8. The van der Waals surface area contributed by atoms with E-state index in [4.69, 9.17) is 16.0 Å². The fourth-order valence-corrected chi connectivity index (χ4v) is 3.22. The van der Waals surface area contributed by atoms with Gasteiger partial charge in [0.25, 0.3) is 0 Å². The summed E-state index contributed by atoms with van der Waals surface area (Å²) >= 11 is 6.10. The van der Waals surface area contributed by atoms with E-state index in [2.05, 4.69) is 33.9 Å². The van der Waals surface area contributed by atoms with Crippen LogP contribution in [-0.2, 0) is 0 Å². The van der Waals surface area contributed by atoms with E-state index >= 15 is 0 Å². The minimum atomic E-state index is -1.82. The Morgan fingerprint density at radius 1 is 1.00 bits per heavy atom. The van der Waals surface area contributed by atoms with E-state index in [0.717, 1.165) is 23.2 Å². The van der Waals surface area contributed by atoms with Gasteiger partial charge in [0.1, 0.15) is 5.75 Å². The lowest BCUT2D eigenvalue weighted by atomic mass is 10.0. The Hall–Kier alpha value is -1.58. The molecule has 0 N–H and O–H groups in total. The zero-order valence-corrected chi connectivity index (χ0v) is 16.1. The molecule has 0 radical (unpaired) electrons. The predicted molar refractivity (Wildman–Crippen MR) is 100 cm³/mol. The summed E-state index contributed by atoms with van der Waals surface area (Å²) in [4.78, 5) is 10.8. The van der Waals surface area contributed by atoms with Gasteiger partial charge in [-0.3, -0.25) is 4.79 Å². The van der Waals surface area contributed by atoms with E-state index in [0.29, 0.717) is 10.6 Å². The van der Waals surface area contributed by atoms with E-state index < -0.39 is 8.32 Å². The average Bonchev–Trinajstić information content (AvgIpc) is 2.46. The maximum Gasteiger partial charge on any atom is 0.250 e. The third-order valence-electron chi connectivity index (χ3n) is 4.49. The van der Waals surface area contributed by atoms with Crippen LogP contribution in [0.4, 0.5) is 0 Å². The second kappa shape index (κ2) is 6.50. The van der Waals surface area contributed by atoms with Gasteiger partial charge in [0.05, 0.1) is 5.02 Å². The van der Waals surface area contributed by atoms with Crippen molar-refractivity contribution in [1.29, 1.82) is 0 Å². The van der Waals surface area contributed by atoms with Crippen LogP contribution in [0.5, 0.6) is 5.75 Å². The second-order valence-corrected chi connectivity index (χ2v) is 12.4. The minimum Gasteiger partial charge on any atom is -0.544 e. The number of halogens is 1. The Bertz CT molecular complexity index is 700. The SMILES string of the molecule is CC(C)(C)[Si](C)(C)Oc1ccc(-c2ccc(C=O)c(Cl)c2)cc1. The Labute approximate surface area is 144 Å². The quantitative estimate of drug-likeness (QED) is 0.486. The summed E-state index contributed by atoms with van der Waals surface area (Å²) in [5, 5.41) is 0.642. The number of carbonyl (C=O) groups excluding carboxylic acids is 1. The highest BCUT2D eigenvalue weighted by Crippen LogP contribution is 2.37. The Balaban J connectivity index is 2.23. The lowest BCUT2D eigenvalue weighted by Gasteiger charge is -2.36. The molecule has 0 aromatic heterocycles. The van der Waals surface area contributed by atoms with Crippen molar-refractivity contribution in [3.05, 3.63) is 53.1 Å². The Kier molecular flexibility index (Phi) is 5.02. The standard InChI is InChI=1S/C19H23ClO2Si/c1-19(2,3)23(4,5)22-17-10-8-14(9-11-17)15-6-7-16(13-21)18(20)12-15/h6-13H,1-5H3. The zero-order chi connectivity index (χ0) is 17.3. The molecule has 0 saturated heterocycles. The van der Waals surface area contributed by atoms with Gasteiger partial charge in [-0.2, -0.15) is 0 Å². The Morgan fingerprint density at radius 2 is 1.57 bits per heavy atom. The molecule has 2 rings (SSSR count). The van der Waals surface area contributed by atoms with Gasteiger partial charge in [-0.25, -0.2) is 0 Å². The normalized spacial score (nSPS) is 12.1. The summed E-state index contributed by atoms with van der Waals surface area (Å²) in [5.74, 6) is 0.899. The summed E-state index contributed by atoms with van der Waals surface area (Å²) in [6, 6.07) is 13.5. The molecule has 0 heterocycles. The molecule has 0 saturated carbocycles. The van der Waals surface area contributed by atoms with E-state index in [1.54, 1.807) is 6.07 Å². The second-order valence-electron chi connectivity index (χ2n) is 7.24. The highest BCUT2D eigenvalue weighted by atomic mass is 35.5. The van der Waals surface area contributed by atoms with Crippen molar-refractivity contribution in [3.8, 4) is 16.9 Å². The summed E-state index contributed by atoms with van der Waals surface area (Å²) in [7, 11) is -1.82. The molecule has 2 aromatic carbocycles. The summed E-state index contributed by atoms with van der Waals surface area (Å²) in [6.07, 6.45) is 0.766. The molecular formula is C19H23ClO2Si. The van der Waals surface area contributed by atoms with Gasteiger partial charge < -0.3 is 4.43 Å². The summed E-state index contributed by atoms with van der Waals surface area (Å²) in [5.41, 5.74) is 2.54. The molecule has 4 heteroatoms. The van der Waals surface area contributed by atoms with Crippen LogP contribution < -0.4 is 4.43 Å². The molecule has 0 unspecified atom stereocenters. The van der Waals surface area contributed by atoms with Gasteiger partial charge in [0.2, 0.25) is 8.32 Å². The van der Waals surface area contributed by atoms with Gasteiger partial charge in [-0.15, -0.1) is 0 Å². The van der Waals surface area contributed by atoms with E-state index in [1.807, 2.05) is 36.4 Å². The zero-order valence-electron chi connectivity index (χ0n) is 14.3. The molecule has 122 valence electrons. The molecule has 0 atom stereocenters. The average molecular weight is 347 g/mol. The molecule has 2 aromatic rings. The number of hydrogen-bond acceptors (Lipinski definition) is 2. The van der Waals surface area contributed by atoms with E-state index in [-0.39, 0.29) is 5.04 Å². The van der Waals surface area contributed by atoms with Crippen LogP contribution in [-0.4, -0.2) is 14.6 Å². The van der Waals surface area contributed by atoms with E-state index in [1.165, 1.54) is 0 Å². The fraction of sp³-hybridized carbons (Fsp3) is 0.316. The molecule has 0 spiro atoms. The fourth-order valence-electron chi connectivity index (χ4n) is 1.97. The highest BCUT2D eigenvalue weighted by molar-refractivity contribution is 6.74. The van der Waals surface area contributed by atoms with Gasteiger partial charge in [0, 0.05) is 5.56 Å². The van der Waals surface area contributed by atoms with Crippen LogP contribution in [0.2, 0.25) is 23.2 Å². The van der Waals surface area contributed by atoms with E-state index in [9.17, 15) is 4.79 Å². The lowest BCUT2D eigenvalue weighted by molar-refractivity contribution is 0.112. The first-order chi connectivity index (χ1) is 10.6. The van der Waals surface area contributed by atoms with Crippen molar-refractivity contribution in [2.45, 2.75) is 38.9 Å². The van der Waals surface area contributed by atoms with Crippen molar-refractivity contribution >= 4 is 26.2 Å². The monoisotopic (exact) mass is 346 g/mol. The number of rotatable bonds is 4.